The minimum atomic E-state index is -0.198. The molecule has 0 spiro atoms. The quantitative estimate of drug-likeness (QED) is 0.713. The third-order valence-corrected chi connectivity index (χ3v) is 5.41. The van der Waals surface area contributed by atoms with Gasteiger partial charge in [0.1, 0.15) is 5.75 Å². The number of amides is 1. The third-order valence-electron chi connectivity index (χ3n) is 5.41. The molecule has 2 N–H and O–H groups in total. The molecule has 2 heterocycles. The van der Waals surface area contributed by atoms with E-state index in [1.165, 1.54) is 0 Å². The molecule has 1 saturated heterocycles. The van der Waals surface area contributed by atoms with Crippen LogP contribution in [0.25, 0.3) is 0 Å². The molecule has 1 fully saturated rings. The zero-order valence-electron chi connectivity index (χ0n) is 18.0. The number of benzene rings is 1. The monoisotopic (exact) mass is 399 g/mol. The minimum Gasteiger partial charge on any atom is -0.493 e. The van der Waals surface area contributed by atoms with E-state index in [2.05, 4.69) is 34.8 Å². The molecule has 0 aliphatic carbocycles. The lowest BCUT2D eigenvalue weighted by Crippen LogP contribution is -2.30. The summed E-state index contributed by atoms with van der Waals surface area (Å²) in [6.45, 7) is 11.3. The third kappa shape index (κ3) is 5.56. The van der Waals surface area contributed by atoms with Crippen LogP contribution in [0.5, 0.6) is 5.75 Å². The van der Waals surface area contributed by atoms with Gasteiger partial charge in [-0.1, -0.05) is 31.2 Å². The van der Waals surface area contributed by atoms with E-state index in [1.807, 2.05) is 36.7 Å². The molecule has 1 aliphatic heterocycles. The minimum absolute atomic E-state index is 0.198. The van der Waals surface area contributed by atoms with Crippen molar-refractivity contribution in [1.29, 1.82) is 0 Å². The standard InChI is InChI=1S/C22H33N5O2/c1-15(2)9-12-29-20-13-16(3)5-6-18(20)14-24-22(28)21-17(4)27(26-25-21)19-7-10-23-11-8-19/h5-6,13,15,19,23H,7-12,14H2,1-4H3,(H,24,28). The molecular weight excluding hydrogens is 366 g/mol. The van der Waals surface area contributed by atoms with Crippen LogP contribution in [0.3, 0.4) is 0 Å². The van der Waals surface area contributed by atoms with Gasteiger partial charge in [0.15, 0.2) is 5.69 Å². The predicted octanol–water partition coefficient (Wildman–Crippen LogP) is 3.17. The first-order chi connectivity index (χ1) is 14.0. The summed E-state index contributed by atoms with van der Waals surface area (Å²) in [7, 11) is 0. The Hall–Kier alpha value is -2.41. The highest BCUT2D eigenvalue weighted by atomic mass is 16.5. The van der Waals surface area contributed by atoms with Crippen LogP contribution in [0.1, 0.15) is 66.5 Å². The molecule has 1 aliphatic rings. The van der Waals surface area contributed by atoms with Gasteiger partial charge < -0.3 is 15.4 Å². The number of rotatable bonds is 8. The second-order valence-electron chi connectivity index (χ2n) is 8.27. The average molecular weight is 400 g/mol. The molecule has 3 rings (SSSR count). The fourth-order valence-corrected chi connectivity index (χ4v) is 3.55. The first-order valence-electron chi connectivity index (χ1n) is 10.6. The van der Waals surface area contributed by atoms with E-state index in [-0.39, 0.29) is 5.91 Å². The van der Waals surface area contributed by atoms with Gasteiger partial charge in [-0.25, -0.2) is 4.68 Å². The maximum absolute atomic E-state index is 12.7. The van der Waals surface area contributed by atoms with E-state index in [4.69, 9.17) is 4.74 Å². The highest BCUT2D eigenvalue weighted by Gasteiger charge is 2.23. The highest BCUT2D eigenvalue weighted by Crippen LogP contribution is 2.22. The summed E-state index contributed by atoms with van der Waals surface area (Å²) >= 11 is 0. The average Bonchev–Trinajstić information content (AvgIpc) is 3.09. The van der Waals surface area contributed by atoms with Crippen molar-refractivity contribution >= 4 is 5.91 Å². The summed E-state index contributed by atoms with van der Waals surface area (Å²) in [6.07, 6.45) is 3.01. The largest absolute Gasteiger partial charge is 0.493 e. The molecule has 0 saturated carbocycles. The Bertz CT molecular complexity index is 825. The van der Waals surface area contributed by atoms with Gasteiger partial charge in [0.2, 0.25) is 0 Å². The van der Waals surface area contributed by atoms with E-state index in [0.717, 1.165) is 54.9 Å². The lowest BCUT2D eigenvalue weighted by molar-refractivity contribution is 0.0945. The summed E-state index contributed by atoms with van der Waals surface area (Å²) in [4.78, 5) is 12.7. The Morgan fingerprint density at radius 1 is 1.31 bits per heavy atom. The van der Waals surface area contributed by atoms with Crippen molar-refractivity contribution in [3.63, 3.8) is 0 Å². The van der Waals surface area contributed by atoms with Crippen molar-refractivity contribution in [2.24, 2.45) is 5.92 Å². The molecule has 1 aromatic carbocycles. The van der Waals surface area contributed by atoms with Crippen molar-refractivity contribution < 1.29 is 9.53 Å². The number of hydrogen-bond donors (Lipinski definition) is 2. The molecule has 0 unspecified atom stereocenters. The van der Waals surface area contributed by atoms with Gasteiger partial charge in [-0.2, -0.15) is 0 Å². The van der Waals surface area contributed by atoms with E-state index < -0.39 is 0 Å². The Morgan fingerprint density at radius 3 is 2.79 bits per heavy atom. The number of nitrogens with one attached hydrogen (secondary N) is 2. The van der Waals surface area contributed by atoms with Gasteiger partial charge in [0, 0.05) is 12.1 Å². The number of carbonyl (C=O) groups is 1. The first-order valence-corrected chi connectivity index (χ1v) is 10.6. The number of carbonyl (C=O) groups excluding carboxylic acids is 1. The second kappa shape index (κ2) is 9.87. The van der Waals surface area contributed by atoms with Gasteiger partial charge in [0.25, 0.3) is 5.91 Å². The molecule has 7 heteroatoms. The lowest BCUT2D eigenvalue weighted by atomic mass is 10.1. The smallest absolute Gasteiger partial charge is 0.274 e. The summed E-state index contributed by atoms with van der Waals surface area (Å²) in [5, 5.41) is 14.7. The fraction of sp³-hybridized carbons (Fsp3) is 0.591. The van der Waals surface area contributed by atoms with Gasteiger partial charge in [-0.15, -0.1) is 5.10 Å². The normalized spacial score (nSPS) is 14.9. The summed E-state index contributed by atoms with van der Waals surface area (Å²) in [6, 6.07) is 6.39. The van der Waals surface area contributed by atoms with Crippen LogP contribution >= 0.6 is 0 Å². The topological polar surface area (TPSA) is 81.1 Å². The van der Waals surface area contributed by atoms with Crippen LogP contribution in [0.4, 0.5) is 0 Å². The van der Waals surface area contributed by atoms with Gasteiger partial charge in [-0.05, 0) is 63.7 Å². The fourth-order valence-electron chi connectivity index (χ4n) is 3.55. The molecule has 2 aromatic rings. The Labute approximate surface area is 173 Å². The van der Waals surface area contributed by atoms with Crippen LogP contribution in [-0.2, 0) is 6.54 Å². The molecule has 0 bridgehead atoms. The van der Waals surface area contributed by atoms with Crippen molar-refractivity contribution in [2.75, 3.05) is 19.7 Å². The Balaban J connectivity index is 1.64. The molecule has 7 nitrogen and oxygen atoms in total. The van der Waals surface area contributed by atoms with Crippen LogP contribution in [0, 0.1) is 19.8 Å². The number of piperidine rings is 1. The molecule has 1 amide bonds. The number of ether oxygens (including phenoxy) is 1. The van der Waals surface area contributed by atoms with E-state index in [9.17, 15) is 4.79 Å². The molecule has 29 heavy (non-hydrogen) atoms. The zero-order valence-corrected chi connectivity index (χ0v) is 18.0. The van der Waals surface area contributed by atoms with Crippen molar-refractivity contribution in [3.05, 3.63) is 40.7 Å². The lowest BCUT2D eigenvalue weighted by Gasteiger charge is -2.23. The number of aromatic nitrogens is 3. The SMILES string of the molecule is Cc1ccc(CNC(=O)c2nnn(C3CCNCC3)c2C)c(OCCC(C)C)c1. The van der Waals surface area contributed by atoms with Crippen molar-refractivity contribution in [1.82, 2.24) is 25.6 Å². The summed E-state index contributed by atoms with van der Waals surface area (Å²) < 4.78 is 7.89. The zero-order chi connectivity index (χ0) is 20.8. The van der Waals surface area contributed by atoms with Gasteiger partial charge >= 0.3 is 0 Å². The number of nitrogens with zero attached hydrogens (tertiary/aromatic N) is 3. The number of aryl methyl sites for hydroxylation is 1. The van der Waals surface area contributed by atoms with Crippen molar-refractivity contribution in [3.8, 4) is 5.75 Å². The van der Waals surface area contributed by atoms with E-state index in [0.29, 0.717) is 30.8 Å². The molecule has 158 valence electrons. The molecule has 1 aromatic heterocycles. The first kappa shape index (κ1) is 21.3. The van der Waals surface area contributed by atoms with E-state index in [1.54, 1.807) is 0 Å². The van der Waals surface area contributed by atoms with Crippen LogP contribution in [0.15, 0.2) is 18.2 Å². The van der Waals surface area contributed by atoms with Gasteiger partial charge in [-0.3, -0.25) is 4.79 Å². The van der Waals surface area contributed by atoms with Crippen LogP contribution < -0.4 is 15.4 Å². The Morgan fingerprint density at radius 2 is 2.07 bits per heavy atom. The van der Waals surface area contributed by atoms with Gasteiger partial charge in [0.05, 0.1) is 18.3 Å². The Kier molecular flexibility index (Phi) is 7.25. The maximum atomic E-state index is 12.7. The van der Waals surface area contributed by atoms with Crippen LogP contribution in [0.2, 0.25) is 0 Å². The van der Waals surface area contributed by atoms with E-state index >= 15 is 0 Å². The maximum Gasteiger partial charge on any atom is 0.274 e. The summed E-state index contributed by atoms with van der Waals surface area (Å²) in [5.74, 6) is 1.23. The molecule has 0 atom stereocenters. The number of hydrogen-bond acceptors (Lipinski definition) is 5. The van der Waals surface area contributed by atoms with Crippen molar-refractivity contribution in [2.45, 2.75) is 59.5 Å². The highest BCUT2D eigenvalue weighted by molar-refractivity contribution is 5.93. The summed E-state index contributed by atoms with van der Waals surface area (Å²) in [5.41, 5.74) is 3.33. The second-order valence-corrected chi connectivity index (χ2v) is 8.27. The molecule has 0 radical (unpaired) electrons. The predicted molar refractivity (Wildman–Crippen MR) is 113 cm³/mol. The molecular formula is C22H33N5O2. The van der Waals surface area contributed by atoms with Crippen LogP contribution in [-0.4, -0.2) is 40.6 Å².